The zero-order valence-corrected chi connectivity index (χ0v) is 21.2. The molecule has 2 heterocycles. The first kappa shape index (κ1) is 23.8. The number of hydrogen-bond acceptors (Lipinski definition) is 2. The van der Waals surface area contributed by atoms with Crippen LogP contribution in [0.2, 0.25) is 5.02 Å². The Morgan fingerprint density at radius 3 is 2.34 bits per heavy atom. The molecule has 38 heavy (non-hydrogen) atoms. The van der Waals surface area contributed by atoms with Gasteiger partial charge in [-0.05, 0) is 59.2 Å². The fraction of sp³-hybridized carbons (Fsp3) is 0.0625. The highest BCUT2D eigenvalue weighted by atomic mass is 35.5. The summed E-state index contributed by atoms with van der Waals surface area (Å²) in [6.45, 7) is 1.14. The normalized spacial score (nSPS) is 12.3. The molecule has 186 valence electrons. The highest BCUT2D eigenvalue weighted by Crippen LogP contribution is 2.32. The van der Waals surface area contributed by atoms with Gasteiger partial charge >= 0.3 is 0 Å². The molecule has 0 spiro atoms. The van der Waals surface area contributed by atoms with Crippen molar-refractivity contribution in [2.24, 2.45) is 0 Å². The van der Waals surface area contributed by atoms with Gasteiger partial charge in [0, 0.05) is 35.4 Å². The van der Waals surface area contributed by atoms with Crippen LogP contribution in [0.25, 0.3) is 11.1 Å². The van der Waals surface area contributed by atoms with Crippen LogP contribution in [0.1, 0.15) is 32.0 Å². The summed E-state index contributed by atoms with van der Waals surface area (Å²) in [5.74, 6) is -0.439. The molecule has 0 saturated carbocycles. The average molecular weight is 518 g/mol. The molecule has 6 rings (SSSR count). The molecule has 0 bridgehead atoms. The maximum Gasteiger partial charge on any atom is 0.260 e. The minimum absolute atomic E-state index is 0.190. The molecule has 0 unspecified atom stereocenters. The molecule has 1 aliphatic rings. The summed E-state index contributed by atoms with van der Waals surface area (Å²) in [7, 11) is 0. The van der Waals surface area contributed by atoms with E-state index in [1.165, 1.54) is 0 Å². The first-order valence-corrected chi connectivity index (χ1v) is 12.8. The molecule has 0 fully saturated rings. The molecular weight excluding hydrogens is 494 g/mol. The van der Waals surface area contributed by atoms with E-state index >= 15 is 0 Å². The van der Waals surface area contributed by atoms with Crippen LogP contribution in [-0.2, 0) is 13.1 Å². The van der Waals surface area contributed by atoms with Gasteiger partial charge in [-0.25, -0.2) is 0 Å². The Kier molecular flexibility index (Phi) is 6.28. The molecule has 1 aliphatic heterocycles. The Morgan fingerprint density at radius 2 is 1.50 bits per heavy atom. The Hall–Kier alpha value is -4.61. The van der Waals surface area contributed by atoms with Crippen LogP contribution in [0.3, 0.4) is 0 Å². The van der Waals surface area contributed by atoms with Gasteiger partial charge < -0.3 is 14.8 Å². The molecule has 0 saturated heterocycles. The van der Waals surface area contributed by atoms with E-state index in [0.717, 1.165) is 28.1 Å². The summed E-state index contributed by atoms with van der Waals surface area (Å²) >= 11 is 6.64. The van der Waals surface area contributed by atoms with Crippen molar-refractivity contribution < 1.29 is 9.59 Å². The topological polar surface area (TPSA) is 54.3 Å². The smallest absolute Gasteiger partial charge is 0.260 e. The molecule has 0 radical (unpaired) electrons. The zero-order valence-electron chi connectivity index (χ0n) is 20.5. The molecule has 5 aromatic rings. The van der Waals surface area contributed by atoms with E-state index in [4.69, 9.17) is 11.6 Å². The second kappa shape index (κ2) is 10.0. The van der Waals surface area contributed by atoms with Crippen LogP contribution in [0.4, 0.5) is 11.4 Å². The predicted octanol–water partition coefficient (Wildman–Crippen LogP) is 7.27. The summed E-state index contributed by atoms with van der Waals surface area (Å²) in [5, 5.41) is 3.22. The molecule has 1 N–H and O–H groups in total. The number of aromatic nitrogens is 1. The molecule has 2 amide bonds. The predicted molar refractivity (Wildman–Crippen MR) is 152 cm³/mol. The highest BCUT2D eigenvalue weighted by molar-refractivity contribution is 6.35. The van der Waals surface area contributed by atoms with Crippen LogP contribution in [-0.4, -0.2) is 16.4 Å². The Morgan fingerprint density at radius 1 is 0.737 bits per heavy atom. The van der Waals surface area contributed by atoms with E-state index < -0.39 is 0 Å². The first-order chi connectivity index (χ1) is 18.6. The van der Waals surface area contributed by atoms with Gasteiger partial charge in [0.1, 0.15) is 0 Å². The molecular formula is C32H24ClN3O2. The van der Waals surface area contributed by atoms with Crippen LogP contribution < -0.4 is 10.2 Å². The van der Waals surface area contributed by atoms with Gasteiger partial charge in [-0.3, -0.25) is 9.59 Å². The quantitative estimate of drug-likeness (QED) is 0.272. The third-order valence-corrected chi connectivity index (χ3v) is 7.14. The number of hydrogen-bond donors (Lipinski definition) is 1. The number of benzene rings is 4. The van der Waals surface area contributed by atoms with Gasteiger partial charge in [0.15, 0.2) is 0 Å². The first-order valence-electron chi connectivity index (χ1n) is 12.4. The van der Waals surface area contributed by atoms with Gasteiger partial charge in [0.2, 0.25) is 0 Å². The Balaban J connectivity index is 1.27. The number of anilines is 2. The minimum atomic E-state index is -0.248. The van der Waals surface area contributed by atoms with Crippen molar-refractivity contribution in [3.63, 3.8) is 0 Å². The molecule has 0 aliphatic carbocycles. The SMILES string of the molecule is O=C(Nc1ccc(C(=O)N2Cc3cccn3Cc3ccccc32)c(Cl)c1)c1ccccc1-c1ccccc1. The number of rotatable bonds is 4. The van der Waals surface area contributed by atoms with E-state index in [1.807, 2.05) is 91.1 Å². The fourth-order valence-electron chi connectivity index (χ4n) is 4.93. The van der Waals surface area contributed by atoms with Crippen molar-refractivity contribution >= 4 is 34.8 Å². The molecule has 6 heteroatoms. The number of nitrogens with zero attached hydrogens (tertiary/aromatic N) is 2. The molecule has 0 atom stereocenters. The molecule has 1 aromatic heterocycles. The lowest BCUT2D eigenvalue weighted by atomic mass is 9.99. The van der Waals surface area contributed by atoms with E-state index in [-0.39, 0.29) is 16.8 Å². The monoisotopic (exact) mass is 517 g/mol. The lowest BCUT2D eigenvalue weighted by Gasteiger charge is -2.23. The summed E-state index contributed by atoms with van der Waals surface area (Å²) in [6, 6.07) is 34.2. The van der Waals surface area contributed by atoms with Crippen molar-refractivity contribution in [2.45, 2.75) is 13.1 Å². The lowest BCUT2D eigenvalue weighted by Crippen LogP contribution is -2.30. The Labute approximate surface area is 225 Å². The van der Waals surface area contributed by atoms with Crippen molar-refractivity contribution in [3.8, 4) is 11.1 Å². The second-order valence-electron chi connectivity index (χ2n) is 9.21. The van der Waals surface area contributed by atoms with E-state index in [0.29, 0.717) is 29.9 Å². The number of nitrogens with one attached hydrogen (secondary N) is 1. The van der Waals surface area contributed by atoms with Gasteiger partial charge in [-0.15, -0.1) is 0 Å². The van der Waals surface area contributed by atoms with Crippen LogP contribution in [0.5, 0.6) is 0 Å². The van der Waals surface area contributed by atoms with Crippen LogP contribution in [0.15, 0.2) is 115 Å². The average Bonchev–Trinajstić information content (AvgIpc) is 3.32. The minimum Gasteiger partial charge on any atom is -0.345 e. The number of amides is 2. The number of fused-ring (bicyclic) bond motifs is 2. The number of carbonyl (C=O) groups is 2. The summed E-state index contributed by atoms with van der Waals surface area (Å²) in [6.07, 6.45) is 2.03. The molecule has 4 aromatic carbocycles. The van der Waals surface area contributed by atoms with Crippen molar-refractivity contribution in [1.82, 2.24) is 4.57 Å². The van der Waals surface area contributed by atoms with E-state index in [2.05, 4.69) is 9.88 Å². The van der Waals surface area contributed by atoms with Crippen molar-refractivity contribution in [3.05, 3.63) is 143 Å². The van der Waals surface area contributed by atoms with E-state index in [9.17, 15) is 9.59 Å². The van der Waals surface area contributed by atoms with Crippen molar-refractivity contribution in [2.75, 3.05) is 10.2 Å². The lowest BCUT2D eigenvalue weighted by molar-refractivity contribution is 0.0984. The number of carbonyl (C=O) groups excluding carboxylic acids is 2. The summed E-state index contributed by atoms with van der Waals surface area (Å²) in [5.41, 5.74) is 6.23. The second-order valence-corrected chi connectivity index (χ2v) is 9.61. The maximum absolute atomic E-state index is 13.8. The van der Waals surface area contributed by atoms with Crippen LogP contribution >= 0.6 is 11.6 Å². The summed E-state index contributed by atoms with van der Waals surface area (Å²) < 4.78 is 2.15. The third-order valence-electron chi connectivity index (χ3n) is 6.83. The van der Waals surface area contributed by atoms with Crippen LogP contribution in [0, 0.1) is 0 Å². The number of halogens is 1. The van der Waals surface area contributed by atoms with Gasteiger partial charge in [0.25, 0.3) is 11.8 Å². The van der Waals surface area contributed by atoms with E-state index in [1.54, 1.807) is 29.2 Å². The highest BCUT2D eigenvalue weighted by Gasteiger charge is 2.26. The number of para-hydroxylation sites is 1. The Bertz CT molecular complexity index is 1660. The third kappa shape index (κ3) is 4.49. The largest absolute Gasteiger partial charge is 0.345 e. The molecule has 5 nitrogen and oxygen atoms in total. The maximum atomic E-state index is 13.8. The standard InChI is InChI=1S/C32H24ClN3O2/c33-29-19-24(34-31(37)27-14-6-5-13-26(27)22-9-2-1-3-10-22)16-17-28(29)32(38)36-21-25-12-8-18-35(25)20-23-11-4-7-15-30(23)36/h1-19H,20-21H2,(H,34,37). The fourth-order valence-corrected chi connectivity index (χ4v) is 5.19. The van der Waals surface area contributed by atoms with Gasteiger partial charge in [-0.2, -0.15) is 0 Å². The van der Waals surface area contributed by atoms with Crippen molar-refractivity contribution in [1.29, 1.82) is 0 Å². The van der Waals surface area contributed by atoms with Gasteiger partial charge in [0.05, 0.1) is 17.1 Å². The summed E-state index contributed by atoms with van der Waals surface area (Å²) in [4.78, 5) is 28.8. The van der Waals surface area contributed by atoms with Gasteiger partial charge in [-0.1, -0.05) is 78.3 Å². The zero-order chi connectivity index (χ0) is 26.1.